The largest absolute Gasteiger partial charge is 0.321 e. The first-order chi connectivity index (χ1) is 13.9. The topological polar surface area (TPSA) is 82.0 Å². The molecule has 29 heavy (non-hydrogen) atoms. The number of aryl methyl sites for hydroxylation is 1. The van der Waals surface area contributed by atoms with Crippen molar-refractivity contribution in [3.05, 3.63) is 80.7 Å². The predicted molar refractivity (Wildman–Crippen MR) is 117 cm³/mol. The number of thiophene rings is 1. The van der Waals surface area contributed by atoms with E-state index < -0.39 is 0 Å². The number of hydrogen-bond acceptors (Lipinski definition) is 4. The third-order valence-electron chi connectivity index (χ3n) is 4.39. The van der Waals surface area contributed by atoms with Crippen LogP contribution in [-0.4, -0.2) is 11.8 Å². The van der Waals surface area contributed by atoms with E-state index in [1.54, 1.807) is 31.2 Å². The number of hydrogen-bond donors (Lipinski definition) is 2. The number of para-hydroxylation sites is 1. The monoisotopic (exact) mass is 423 g/mol. The molecule has 3 aromatic rings. The summed E-state index contributed by atoms with van der Waals surface area (Å²) in [5, 5.41) is 16.1. The van der Waals surface area contributed by atoms with Crippen molar-refractivity contribution >= 4 is 45.4 Å². The molecule has 146 valence electrons. The highest BCUT2D eigenvalue weighted by Gasteiger charge is 2.22. The van der Waals surface area contributed by atoms with E-state index in [1.807, 2.05) is 31.2 Å². The Hall–Kier alpha value is -3.14. The first-order valence-corrected chi connectivity index (χ1v) is 10.0. The van der Waals surface area contributed by atoms with Gasteiger partial charge in [-0.15, -0.1) is 11.3 Å². The quantitative estimate of drug-likeness (QED) is 0.582. The summed E-state index contributed by atoms with van der Waals surface area (Å²) in [7, 11) is 0. The summed E-state index contributed by atoms with van der Waals surface area (Å²) in [6.07, 6.45) is 0.143. The molecule has 2 amide bonds. The van der Waals surface area contributed by atoms with Gasteiger partial charge in [0.1, 0.15) is 11.1 Å². The average molecular weight is 424 g/mol. The van der Waals surface area contributed by atoms with Crippen molar-refractivity contribution in [2.75, 3.05) is 10.6 Å². The lowest BCUT2D eigenvalue weighted by atomic mass is 10.1. The van der Waals surface area contributed by atoms with Gasteiger partial charge >= 0.3 is 0 Å². The van der Waals surface area contributed by atoms with Crippen LogP contribution in [0.3, 0.4) is 0 Å². The van der Waals surface area contributed by atoms with Crippen LogP contribution < -0.4 is 10.6 Å². The third-order valence-corrected chi connectivity index (χ3v) is 5.85. The fraction of sp³-hybridized carbons (Fsp3) is 0.136. The number of rotatable bonds is 5. The SMILES string of the molecule is Cc1ccccc1NC(=O)c1sc(NC(=O)Cc2ccc(Cl)cc2)c(C#N)c1C. The van der Waals surface area contributed by atoms with Crippen molar-refractivity contribution in [3.63, 3.8) is 0 Å². The Balaban J connectivity index is 1.79. The molecule has 7 heteroatoms. The molecule has 1 aromatic heterocycles. The van der Waals surface area contributed by atoms with Crippen molar-refractivity contribution in [1.82, 2.24) is 0 Å². The minimum atomic E-state index is -0.309. The molecule has 0 radical (unpaired) electrons. The minimum absolute atomic E-state index is 0.143. The molecule has 0 atom stereocenters. The number of carbonyl (C=O) groups excluding carboxylic acids is 2. The molecular weight excluding hydrogens is 406 g/mol. The molecule has 0 saturated carbocycles. The fourth-order valence-electron chi connectivity index (χ4n) is 2.80. The lowest BCUT2D eigenvalue weighted by Gasteiger charge is -2.07. The molecule has 2 aromatic carbocycles. The van der Waals surface area contributed by atoms with E-state index in [9.17, 15) is 14.9 Å². The van der Waals surface area contributed by atoms with Crippen LogP contribution in [0, 0.1) is 25.2 Å². The van der Waals surface area contributed by atoms with Gasteiger partial charge < -0.3 is 10.6 Å². The highest BCUT2D eigenvalue weighted by Crippen LogP contribution is 2.33. The number of benzene rings is 2. The van der Waals surface area contributed by atoms with Crippen LogP contribution in [0.25, 0.3) is 0 Å². The van der Waals surface area contributed by atoms with Gasteiger partial charge in [-0.2, -0.15) is 5.26 Å². The maximum atomic E-state index is 12.7. The van der Waals surface area contributed by atoms with Gasteiger partial charge in [0.2, 0.25) is 5.91 Å². The molecule has 3 rings (SSSR count). The summed E-state index contributed by atoms with van der Waals surface area (Å²) >= 11 is 6.96. The summed E-state index contributed by atoms with van der Waals surface area (Å²) in [5.41, 5.74) is 3.29. The maximum Gasteiger partial charge on any atom is 0.266 e. The molecule has 2 N–H and O–H groups in total. The highest BCUT2D eigenvalue weighted by molar-refractivity contribution is 7.18. The van der Waals surface area contributed by atoms with Gasteiger partial charge in [0, 0.05) is 10.7 Å². The van der Waals surface area contributed by atoms with Gasteiger partial charge in [-0.3, -0.25) is 9.59 Å². The van der Waals surface area contributed by atoms with E-state index in [2.05, 4.69) is 16.7 Å². The first-order valence-electron chi connectivity index (χ1n) is 8.83. The normalized spacial score (nSPS) is 10.3. The van der Waals surface area contributed by atoms with Crippen molar-refractivity contribution < 1.29 is 9.59 Å². The highest BCUT2D eigenvalue weighted by atomic mass is 35.5. The zero-order valence-electron chi connectivity index (χ0n) is 15.9. The Labute approximate surface area is 177 Å². The molecule has 5 nitrogen and oxygen atoms in total. The minimum Gasteiger partial charge on any atom is -0.321 e. The summed E-state index contributed by atoms with van der Waals surface area (Å²) < 4.78 is 0. The Morgan fingerprint density at radius 2 is 1.76 bits per heavy atom. The molecule has 0 aliphatic heterocycles. The van der Waals surface area contributed by atoms with E-state index in [1.165, 1.54) is 0 Å². The number of nitriles is 1. The van der Waals surface area contributed by atoms with Crippen molar-refractivity contribution in [3.8, 4) is 6.07 Å². The summed E-state index contributed by atoms with van der Waals surface area (Å²) in [5.74, 6) is -0.576. The predicted octanol–water partition coefficient (Wildman–Crippen LogP) is 5.32. The molecule has 0 bridgehead atoms. The molecule has 0 unspecified atom stereocenters. The lowest BCUT2D eigenvalue weighted by Crippen LogP contribution is -2.14. The summed E-state index contributed by atoms with van der Waals surface area (Å²) in [6, 6.07) is 16.5. The van der Waals surface area contributed by atoms with Gasteiger partial charge in [0.15, 0.2) is 0 Å². The Morgan fingerprint density at radius 3 is 2.41 bits per heavy atom. The van der Waals surface area contributed by atoms with E-state index >= 15 is 0 Å². The first kappa shape index (κ1) is 20.6. The molecular formula is C22H18ClN3O2S. The number of amides is 2. The number of carbonyl (C=O) groups is 2. The van der Waals surface area contributed by atoms with Gasteiger partial charge in [-0.1, -0.05) is 41.9 Å². The molecule has 0 aliphatic rings. The van der Waals surface area contributed by atoms with E-state index in [0.29, 0.717) is 31.7 Å². The number of nitrogens with one attached hydrogen (secondary N) is 2. The standard InChI is InChI=1S/C22H18ClN3O2S/c1-13-5-3-4-6-18(13)25-21(28)20-14(2)17(12-24)22(29-20)26-19(27)11-15-7-9-16(23)10-8-15/h3-10H,11H2,1-2H3,(H,25,28)(H,26,27). The van der Waals surface area contributed by atoms with Gasteiger partial charge in [-0.05, 0) is 48.7 Å². The van der Waals surface area contributed by atoms with Crippen LogP contribution in [0.15, 0.2) is 48.5 Å². The zero-order chi connectivity index (χ0) is 21.0. The number of halogens is 1. The second kappa shape index (κ2) is 8.91. The number of anilines is 2. The van der Waals surface area contributed by atoms with Crippen LogP contribution in [0.2, 0.25) is 5.02 Å². The Morgan fingerprint density at radius 1 is 1.07 bits per heavy atom. The van der Waals surface area contributed by atoms with E-state index in [4.69, 9.17) is 11.6 Å². The molecule has 0 aliphatic carbocycles. The lowest BCUT2D eigenvalue weighted by molar-refractivity contribution is -0.115. The Bertz CT molecular complexity index is 1110. The zero-order valence-corrected chi connectivity index (χ0v) is 17.4. The smallest absolute Gasteiger partial charge is 0.266 e. The van der Waals surface area contributed by atoms with Gasteiger partial charge in [-0.25, -0.2) is 0 Å². The maximum absolute atomic E-state index is 12.7. The van der Waals surface area contributed by atoms with Crippen LogP contribution in [0.5, 0.6) is 0 Å². The van der Waals surface area contributed by atoms with Gasteiger partial charge in [0.05, 0.1) is 16.9 Å². The molecule has 1 heterocycles. The van der Waals surface area contributed by atoms with Gasteiger partial charge in [0.25, 0.3) is 5.91 Å². The second-order valence-electron chi connectivity index (χ2n) is 6.49. The molecule has 0 saturated heterocycles. The van der Waals surface area contributed by atoms with Crippen LogP contribution in [0.4, 0.5) is 10.7 Å². The van der Waals surface area contributed by atoms with E-state index in [0.717, 1.165) is 22.5 Å². The van der Waals surface area contributed by atoms with Crippen LogP contribution >= 0.6 is 22.9 Å². The molecule has 0 fully saturated rings. The second-order valence-corrected chi connectivity index (χ2v) is 7.95. The van der Waals surface area contributed by atoms with Crippen LogP contribution in [-0.2, 0) is 11.2 Å². The van der Waals surface area contributed by atoms with E-state index in [-0.39, 0.29) is 18.2 Å². The third kappa shape index (κ3) is 4.83. The van der Waals surface area contributed by atoms with Crippen molar-refractivity contribution in [2.24, 2.45) is 0 Å². The fourth-order valence-corrected chi connectivity index (χ4v) is 4.00. The molecule has 0 spiro atoms. The number of nitrogens with zero attached hydrogens (tertiary/aromatic N) is 1. The van der Waals surface area contributed by atoms with Crippen molar-refractivity contribution in [2.45, 2.75) is 20.3 Å². The van der Waals surface area contributed by atoms with Crippen LogP contribution in [0.1, 0.15) is 31.9 Å². The summed E-state index contributed by atoms with van der Waals surface area (Å²) in [6.45, 7) is 3.61. The summed E-state index contributed by atoms with van der Waals surface area (Å²) in [4.78, 5) is 25.6. The average Bonchev–Trinajstić information content (AvgIpc) is 3.00. The Kier molecular flexibility index (Phi) is 6.32. The van der Waals surface area contributed by atoms with Crippen molar-refractivity contribution in [1.29, 1.82) is 5.26 Å².